The monoisotopic (exact) mass is 260 g/mol. The first-order valence-electron chi connectivity index (χ1n) is 7.70. The van der Waals surface area contributed by atoms with Crippen molar-refractivity contribution >= 4 is 0 Å². The minimum Gasteiger partial charge on any atom is -0.329 e. The van der Waals surface area contributed by atoms with Crippen LogP contribution in [0.3, 0.4) is 0 Å². The molecule has 19 heavy (non-hydrogen) atoms. The van der Waals surface area contributed by atoms with Crippen LogP contribution in [0.1, 0.15) is 43.7 Å². The number of benzene rings is 1. The summed E-state index contributed by atoms with van der Waals surface area (Å²) in [5.41, 5.74) is 8.62. The average molecular weight is 260 g/mol. The van der Waals surface area contributed by atoms with Gasteiger partial charge in [0.15, 0.2) is 0 Å². The number of nitrogens with zero attached hydrogens (tertiary/aromatic N) is 1. The van der Waals surface area contributed by atoms with Crippen LogP contribution in [0.4, 0.5) is 0 Å². The highest BCUT2D eigenvalue weighted by Gasteiger charge is 2.19. The maximum atomic E-state index is 5.62. The summed E-state index contributed by atoms with van der Waals surface area (Å²) in [6, 6.07) is 9.34. The molecule has 0 radical (unpaired) electrons. The molecule has 2 nitrogen and oxygen atoms in total. The number of hydrogen-bond donors (Lipinski definition) is 1. The van der Waals surface area contributed by atoms with Gasteiger partial charge in [0.05, 0.1) is 0 Å². The highest BCUT2D eigenvalue weighted by Crippen LogP contribution is 2.28. The standard InChI is InChI=1S/C17H28N2/c1-14(2)13-15-3-5-16(6-4-15)17-7-10-19(11-8-17)12-9-18/h3-6,14,17H,7-13,18H2,1-2H3. The van der Waals surface area contributed by atoms with Gasteiger partial charge < -0.3 is 10.6 Å². The summed E-state index contributed by atoms with van der Waals surface area (Å²) in [5.74, 6) is 1.49. The lowest BCUT2D eigenvalue weighted by Crippen LogP contribution is -2.36. The molecule has 0 atom stereocenters. The van der Waals surface area contributed by atoms with Crippen LogP contribution in [0.5, 0.6) is 0 Å². The summed E-state index contributed by atoms with van der Waals surface area (Å²) in [6.07, 6.45) is 3.75. The number of nitrogens with two attached hydrogens (primary N) is 1. The first-order valence-corrected chi connectivity index (χ1v) is 7.70. The lowest BCUT2D eigenvalue weighted by molar-refractivity contribution is 0.218. The quantitative estimate of drug-likeness (QED) is 0.882. The van der Waals surface area contributed by atoms with Crippen molar-refractivity contribution in [3.63, 3.8) is 0 Å². The molecule has 1 aromatic carbocycles. The molecule has 2 rings (SSSR count). The minimum absolute atomic E-state index is 0.741. The van der Waals surface area contributed by atoms with E-state index in [0.29, 0.717) is 0 Å². The van der Waals surface area contributed by atoms with Gasteiger partial charge in [-0.1, -0.05) is 38.1 Å². The van der Waals surface area contributed by atoms with Crippen LogP contribution in [0.15, 0.2) is 24.3 Å². The normalized spacial score (nSPS) is 18.1. The molecule has 0 spiro atoms. The zero-order valence-corrected chi connectivity index (χ0v) is 12.4. The van der Waals surface area contributed by atoms with E-state index in [4.69, 9.17) is 5.73 Å². The van der Waals surface area contributed by atoms with E-state index in [9.17, 15) is 0 Å². The summed E-state index contributed by atoms with van der Waals surface area (Å²) in [5, 5.41) is 0. The first kappa shape index (κ1) is 14.5. The van der Waals surface area contributed by atoms with Crippen molar-refractivity contribution in [2.24, 2.45) is 11.7 Å². The summed E-state index contributed by atoms with van der Waals surface area (Å²) < 4.78 is 0. The van der Waals surface area contributed by atoms with Crippen LogP contribution in [0, 0.1) is 5.92 Å². The fourth-order valence-corrected chi connectivity index (χ4v) is 3.07. The molecule has 2 N–H and O–H groups in total. The van der Waals surface area contributed by atoms with Gasteiger partial charge in [-0.25, -0.2) is 0 Å². The zero-order valence-electron chi connectivity index (χ0n) is 12.4. The van der Waals surface area contributed by atoms with E-state index in [1.165, 1.54) is 43.5 Å². The Bertz CT molecular complexity index is 361. The Morgan fingerprint density at radius 2 is 1.79 bits per heavy atom. The Morgan fingerprint density at radius 3 is 2.32 bits per heavy atom. The van der Waals surface area contributed by atoms with Crippen LogP contribution >= 0.6 is 0 Å². The fourth-order valence-electron chi connectivity index (χ4n) is 3.07. The van der Waals surface area contributed by atoms with E-state index in [1.807, 2.05) is 0 Å². The second-order valence-electron chi connectivity index (χ2n) is 6.24. The first-order chi connectivity index (χ1) is 9.19. The maximum absolute atomic E-state index is 5.62. The largest absolute Gasteiger partial charge is 0.329 e. The molecule has 1 aromatic rings. The third kappa shape index (κ3) is 4.32. The highest BCUT2D eigenvalue weighted by molar-refractivity contribution is 5.26. The van der Waals surface area contributed by atoms with E-state index < -0.39 is 0 Å². The Kier molecular flexibility index (Phi) is 5.41. The van der Waals surface area contributed by atoms with Gasteiger partial charge >= 0.3 is 0 Å². The molecule has 0 bridgehead atoms. The van der Waals surface area contributed by atoms with E-state index in [2.05, 4.69) is 43.0 Å². The van der Waals surface area contributed by atoms with Gasteiger partial charge in [0.25, 0.3) is 0 Å². The van der Waals surface area contributed by atoms with Gasteiger partial charge in [-0.15, -0.1) is 0 Å². The van der Waals surface area contributed by atoms with E-state index in [1.54, 1.807) is 0 Å². The molecule has 0 aliphatic carbocycles. The molecular formula is C17H28N2. The van der Waals surface area contributed by atoms with Crippen LogP contribution in [-0.4, -0.2) is 31.1 Å². The van der Waals surface area contributed by atoms with Gasteiger partial charge in [-0.05, 0) is 55.3 Å². The lowest BCUT2D eigenvalue weighted by Gasteiger charge is -2.31. The molecule has 1 saturated heterocycles. The van der Waals surface area contributed by atoms with E-state index in [-0.39, 0.29) is 0 Å². The summed E-state index contributed by atoms with van der Waals surface area (Å²) in [6.45, 7) is 8.81. The second-order valence-corrected chi connectivity index (χ2v) is 6.24. The molecule has 1 aliphatic heterocycles. The topological polar surface area (TPSA) is 29.3 Å². The van der Waals surface area contributed by atoms with E-state index >= 15 is 0 Å². The highest BCUT2D eigenvalue weighted by atomic mass is 15.1. The zero-order chi connectivity index (χ0) is 13.7. The third-order valence-corrected chi connectivity index (χ3v) is 4.13. The van der Waals surface area contributed by atoms with E-state index in [0.717, 1.165) is 24.9 Å². The number of hydrogen-bond acceptors (Lipinski definition) is 2. The Labute approximate surface area is 118 Å². The number of rotatable bonds is 5. The van der Waals surface area contributed by atoms with Crippen molar-refractivity contribution < 1.29 is 0 Å². The third-order valence-electron chi connectivity index (χ3n) is 4.13. The minimum atomic E-state index is 0.741. The smallest absolute Gasteiger partial charge is 0.0105 e. The van der Waals surface area contributed by atoms with Crippen LogP contribution in [-0.2, 0) is 6.42 Å². The van der Waals surface area contributed by atoms with Crippen molar-refractivity contribution in [1.29, 1.82) is 0 Å². The van der Waals surface area contributed by atoms with Gasteiger partial charge in [-0.2, -0.15) is 0 Å². The Hall–Kier alpha value is -0.860. The summed E-state index contributed by atoms with van der Waals surface area (Å²) in [4.78, 5) is 2.49. The van der Waals surface area contributed by atoms with Gasteiger partial charge in [-0.3, -0.25) is 0 Å². The Balaban J connectivity index is 1.89. The van der Waals surface area contributed by atoms with Gasteiger partial charge in [0.1, 0.15) is 0 Å². The SMILES string of the molecule is CC(C)Cc1ccc(C2CCN(CCN)CC2)cc1. The molecule has 106 valence electrons. The number of likely N-dealkylation sites (tertiary alicyclic amines) is 1. The van der Waals surface area contributed by atoms with Crippen molar-refractivity contribution in [3.8, 4) is 0 Å². The summed E-state index contributed by atoms with van der Waals surface area (Å²) >= 11 is 0. The molecule has 0 aromatic heterocycles. The predicted octanol–water partition coefficient (Wildman–Crippen LogP) is 3.02. The van der Waals surface area contributed by atoms with Crippen molar-refractivity contribution in [3.05, 3.63) is 35.4 Å². The van der Waals surface area contributed by atoms with Gasteiger partial charge in [0.2, 0.25) is 0 Å². The van der Waals surface area contributed by atoms with Crippen LogP contribution in [0.2, 0.25) is 0 Å². The molecule has 2 heteroatoms. The second kappa shape index (κ2) is 7.06. The lowest BCUT2D eigenvalue weighted by atomic mass is 9.88. The van der Waals surface area contributed by atoms with Crippen molar-refractivity contribution in [2.45, 2.75) is 39.0 Å². The van der Waals surface area contributed by atoms with Crippen LogP contribution < -0.4 is 5.73 Å². The van der Waals surface area contributed by atoms with Crippen LogP contribution in [0.25, 0.3) is 0 Å². The number of piperidine rings is 1. The van der Waals surface area contributed by atoms with Gasteiger partial charge in [0, 0.05) is 13.1 Å². The molecule has 1 fully saturated rings. The molecule has 0 saturated carbocycles. The maximum Gasteiger partial charge on any atom is 0.0105 e. The fraction of sp³-hybridized carbons (Fsp3) is 0.647. The molecule has 0 amide bonds. The molecule has 1 heterocycles. The Morgan fingerprint density at radius 1 is 1.16 bits per heavy atom. The van der Waals surface area contributed by atoms with Crippen molar-refractivity contribution in [2.75, 3.05) is 26.2 Å². The molecule has 0 unspecified atom stereocenters. The summed E-state index contributed by atoms with van der Waals surface area (Å²) in [7, 11) is 0. The average Bonchev–Trinajstić information content (AvgIpc) is 2.40. The van der Waals surface area contributed by atoms with Crippen molar-refractivity contribution in [1.82, 2.24) is 4.90 Å². The molecule has 1 aliphatic rings. The predicted molar refractivity (Wildman–Crippen MR) is 82.5 cm³/mol. The molecular weight excluding hydrogens is 232 g/mol.